The molecule has 5 heteroatoms. The number of rotatable bonds is 4. The van der Waals surface area contributed by atoms with Gasteiger partial charge in [0.15, 0.2) is 0 Å². The van der Waals surface area contributed by atoms with Crippen LogP contribution in [0, 0.1) is 0 Å². The van der Waals surface area contributed by atoms with Crippen LogP contribution in [-0.4, -0.2) is 42.4 Å². The molecule has 106 valence electrons. The maximum absolute atomic E-state index is 10.2. The molecule has 0 aromatic heterocycles. The van der Waals surface area contributed by atoms with Crippen molar-refractivity contribution in [2.45, 2.75) is 25.5 Å². The van der Waals surface area contributed by atoms with Crippen LogP contribution in [0.15, 0.2) is 18.2 Å². The molecule has 1 aromatic carbocycles. The van der Waals surface area contributed by atoms with Crippen molar-refractivity contribution < 1.29 is 9.84 Å². The van der Waals surface area contributed by atoms with E-state index in [0.717, 1.165) is 26.3 Å². The Morgan fingerprint density at radius 3 is 3.00 bits per heavy atom. The van der Waals surface area contributed by atoms with Gasteiger partial charge < -0.3 is 9.84 Å². The molecule has 1 aliphatic rings. The highest BCUT2D eigenvalue weighted by molar-refractivity contribution is 6.42. The molecule has 2 rings (SSSR count). The lowest BCUT2D eigenvalue weighted by Crippen LogP contribution is -2.44. The number of aliphatic hydroxyl groups excluding tert-OH is 1. The molecule has 0 amide bonds. The Hall–Kier alpha value is -0.320. The minimum atomic E-state index is -0.582. The van der Waals surface area contributed by atoms with Crippen molar-refractivity contribution in [3.05, 3.63) is 33.8 Å². The van der Waals surface area contributed by atoms with Crippen LogP contribution >= 0.6 is 23.2 Å². The van der Waals surface area contributed by atoms with Gasteiger partial charge >= 0.3 is 0 Å². The number of ether oxygens (including phenoxy) is 1. The summed E-state index contributed by atoms with van der Waals surface area (Å²) in [5.74, 6) is 0. The Kier molecular flexibility index (Phi) is 5.48. The van der Waals surface area contributed by atoms with Gasteiger partial charge in [-0.3, -0.25) is 4.90 Å². The second kappa shape index (κ2) is 6.91. The molecule has 3 nitrogen and oxygen atoms in total. The van der Waals surface area contributed by atoms with Gasteiger partial charge in [-0.15, -0.1) is 0 Å². The minimum Gasteiger partial charge on any atom is -0.388 e. The molecular weight excluding hydrogens is 285 g/mol. The number of hydrogen-bond acceptors (Lipinski definition) is 3. The lowest BCUT2D eigenvalue weighted by Gasteiger charge is -2.33. The molecule has 0 bridgehead atoms. The molecule has 1 aromatic rings. The summed E-state index contributed by atoms with van der Waals surface area (Å²) in [6.45, 7) is 5.40. The summed E-state index contributed by atoms with van der Waals surface area (Å²) >= 11 is 12.1. The third-order valence-electron chi connectivity index (χ3n) is 3.54. The summed E-state index contributed by atoms with van der Waals surface area (Å²) in [6.07, 6.45) is 0.0611. The number of morpholine rings is 1. The predicted molar refractivity (Wildman–Crippen MR) is 77.9 cm³/mol. The molecule has 1 saturated heterocycles. The standard InChI is InChI=1S/C14H19Cl2NO2/c1-10-9-19-8-7-17(10)6-5-13(18)11-3-2-4-12(15)14(11)16/h2-4,10,13,18H,5-9H2,1H3. The fourth-order valence-electron chi connectivity index (χ4n) is 2.32. The van der Waals surface area contributed by atoms with Crippen molar-refractivity contribution in [3.8, 4) is 0 Å². The first kappa shape index (κ1) is 15.1. The van der Waals surface area contributed by atoms with Crippen LogP contribution in [0.3, 0.4) is 0 Å². The fraction of sp³-hybridized carbons (Fsp3) is 0.571. The van der Waals surface area contributed by atoms with E-state index < -0.39 is 6.10 Å². The van der Waals surface area contributed by atoms with Gasteiger partial charge in [0, 0.05) is 24.7 Å². The Bertz CT molecular complexity index is 428. The van der Waals surface area contributed by atoms with Crippen LogP contribution in [0.4, 0.5) is 0 Å². The topological polar surface area (TPSA) is 32.7 Å². The van der Waals surface area contributed by atoms with Crippen molar-refractivity contribution in [2.24, 2.45) is 0 Å². The van der Waals surface area contributed by atoms with E-state index >= 15 is 0 Å². The third-order valence-corrected chi connectivity index (χ3v) is 4.37. The molecule has 0 radical (unpaired) electrons. The van der Waals surface area contributed by atoms with Gasteiger partial charge in [-0.2, -0.15) is 0 Å². The SMILES string of the molecule is CC1COCCN1CCC(O)c1cccc(Cl)c1Cl. The number of nitrogens with zero attached hydrogens (tertiary/aromatic N) is 1. The molecular formula is C14H19Cl2NO2. The van der Waals surface area contributed by atoms with Crippen LogP contribution < -0.4 is 0 Å². The average molecular weight is 304 g/mol. The third kappa shape index (κ3) is 3.83. The predicted octanol–water partition coefficient (Wildman–Crippen LogP) is 3.14. The minimum absolute atomic E-state index is 0.399. The van der Waals surface area contributed by atoms with Crippen molar-refractivity contribution in [1.82, 2.24) is 4.90 Å². The summed E-state index contributed by atoms with van der Waals surface area (Å²) in [5.41, 5.74) is 0.704. The van der Waals surface area contributed by atoms with E-state index in [9.17, 15) is 5.11 Å². The van der Waals surface area contributed by atoms with Crippen molar-refractivity contribution >= 4 is 23.2 Å². The van der Waals surface area contributed by atoms with Gasteiger partial charge in [-0.05, 0) is 19.4 Å². The van der Waals surface area contributed by atoms with Crippen LogP contribution in [-0.2, 0) is 4.74 Å². The highest BCUT2D eigenvalue weighted by atomic mass is 35.5. The molecule has 0 aliphatic carbocycles. The van der Waals surface area contributed by atoms with Gasteiger partial charge in [0.1, 0.15) is 0 Å². The quantitative estimate of drug-likeness (QED) is 0.927. The molecule has 1 N–H and O–H groups in total. The number of hydrogen-bond donors (Lipinski definition) is 1. The lowest BCUT2D eigenvalue weighted by molar-refractivity contribution is -0.00638. The highest BCUT2D eigenvalue weighted by Crippen LogP contribution is 2.31. The second-order valence-corrected chi connectivity index (χ2v) is 5.69. The highest BCUT2D eigenvalue weighted by Gasteiger charge is 2.20. The Morgan fingerprint density at radius 1 is 1.47 bits per heavy atom. The zero-order valence-electron chi connectivity index (χ0n) is 11.0. The van der Waals surface area contributed by atoms with E-state index in [-0.39, 0.29) is 0 Å². The van der Waals surface area contributed by atoms with E-state index in [2.05, 4.69) is 11.8 Å². The van der Waals surface area contributed by atoms with Gasteiger partial charge in [0.2, 0.25) is 0 Å². The van der Waals surface area contributed by atoms with Crippen molar-refractivity contribution in [2.75, 3.05) is 26.3 Å². The average Bonchev–Trinajstić information content (AvgIpc) is 2.40. The summed E-state index contributed by atoms with van der Waals surface area (Å²) in [5, 5.41) is 11.2. The van der Waals surface area contributed by atoms with Gasteiger partial charge in [-0.25, -0.2) is 0 Å². The van der Waals surface area contributed by atoms with Gasteiger partial charge in [-0.1, -0.05) is 35.3 Å². The number of halogens is 2. The summed E-state index contributed by atoms with van der Waals surface area (Å²) in [6, 6.07) is 5.76. The fourth-order valence-corrected chi connectivity index (χ4v) is 2.75. The summed E-state index contributed by atoms with van der Waals surface area (Å²) in [7, 11) is 0. The molecule has 2 unspecified atom stereocenters. The van der Waals surface area contributed by atoms with Gasteiger partial charge in [0.25, 0.3) is 0 Å². The molecule has 1 fully saturated rings. The molecule has 1 heterocycles. The Balaban J connectivity index is 1.93. The van der Waals surface area contributed by atoms with E-state index in [0.29, 0.717) is 28.1 Å². The largest absolute Gasteiger partial charge is 0.388 e. The number of benzene rings is 1. The first-order valence-electron chi connectivity index (χ1n) is 6.53. The van der Waals surface area contributed by atoms with Crippen LogP contribution in [0.1, 0.15) is 25.0 Å². The molecule has 1 aliphatic heterocycles. The molecule has 2 atom stereocenters. The number of aliphatic hydroxyl groups is 1. The van der Waals surface area contributed by atoms with Crippen LogP contribution in [0.25, 0.3) is 0 Å². The van der Waals surface area contributed by atoms with Crippen molar-refractivity contribution in [1.29, 1.82) is 0 Å². The smallest absolute Gasteiger partial charge is 0.0817 e. The monoisotopic (exact) mass is 303 g/mol. The van der Waals surface area contributed by atoms with Crippen molar-refractivity contribution in [3.63, 3.8) is 0 Å². The van der Waals surface area contributed by atoms with E-state index in [1.54, 1.807) is 6.07 Å². The zero-order chi connectivity index (χ0) is 13.8. The van der Waals surface area contributed by atoms with Crippen LogP contribution in [0.5, 0.6) is 0 Å². The Labute approximate surface area is 124 Å². The van der Waals surface area contributed by atoms with E-state index in [1.165, 1.54) is 0 Å². The maximum Gasteiger partial charge on any atom is 0.0817 e. The van der Waals surface area contributed by atoms with E-state index in [4.69, 9.17) is 27.9 Å². The Morgan fingerprint density at radius 2 is 2.26 bits per heavy atom. The molecule has 19 heavy (non-hydrogen) atoms. The maximum atomic E-state index is 10.2. The normalized spacial score (nSPS) is 22.4. The summed E-state index contributed by atoms with van der Waals surface area (Å²) in [4.78, 5) is 2.32. The van der Waals surface area contributed by atoms with Gasteiger partial charge in [0.05, 0.1) is 29.4 Å². The van der Waals surface area contributed by atoms with Crippen LogP contribution in [0.2, 0.25) is 10.0 Å². The first-order chi connectivity index (χ1) is 9.09. The summed E-state index contributed by atoms with van der Waals surface area (Å²) < 4.78 is 5.40. The zero-order valence-corrected chi connectivity index (χ0v) is 12.5. The molecule has 0 saturated carbocycles. The second-order valence-electron chi connectivity index (χ2n) is 4.91. The first-order valence-corrected chi connectivity index (χ1v) is 7.29. The lowest BCUT2D eigenvalue weighted by atomic mass is 10.1. The molecule has 0 spiro atoms. The van der Waals surface area contributed by atoms with E-state index in [1.807, 2.05) is 12.1 Å².